The molecule has 0 bridgehead atoms. The van der Waals surface area contributed by atoms with E-state index in [0.29, 0.717) is 23.3 Å². The number of hydrogen-bond donors (Lipinski definition) is 1. The number of fused-ring (bicyclic) bond motifs is 1. The van der Waals surface area contributed by atoms with Gasteiger partial charge in [0.25, 0.3) is 0 Å². The predicted octanol–water partition coefficient (Wildman–Crippen LogP) is 3.94. The summed E-state index contributed by atoms with van der Waals surface area (Å²) in [5.41, 5.74) is 3.65. The molecule has 0 aliphatic heterocycles. The average molecular weight is 442 g/mol. The van der Waals surface area contributed by atoms with Gasteiger partial charge in [-0.15, -0.1) is 0 Å². The summed E-state index contributed by atoms with van der Waals surface area (Å²) in [6.07, 6.45) is 2.32. The van der Waals surface area contributed by atoms with Crippen LogP contribution in [0.15, 0.2) is 53.6 Å². The highest BCUT2D eigenvalue weighted by molar-refractivity contribution is 7.89. The van der Waals surface area contributed by atoms with Gasteiger partial charge < -0.3 is 4.57 Å². The van der Waals surface area contributed by atoms with Gasteiger partial charge in [0.05, 0.1) is 28.8 Å². The second kappa shape index (κ2) is 7.82. The fourth-order valence-corrected chi connectivity index (χ4v) is 4.24. The largest absolute Gasteiger partial charge is 0.323 e. The maximum absolute atomic E-state index is 14.7. The Kier molecular flexibility index (Phi) is 5.32. The molecule has 4 aromatic rings. The van der Waals surface area contributed by atoms with Crippen molar-refractivity contribution >= 4 is 21.1 Å². The number of halogens is 2. The number of pyridine rings is 1. The van der Waals surface area contributed by atoms with Crippen molar-refractivity contribution in [3.8, 4) is 11.1 Å². The highest BCUT2D eigenvalue weighted by Gasteiger charge is 2.21. The zero-order valence-corrected chi connectivity index (χ0v) is 17.7. The van der Waals surface area contributed by atoms with Crippen molar-refractivity contribution in [2.75, 3.05) is 0 Å². The van der Waals surface area contributed by atoms with Gasteiger partial charge >= 0.3 is 0 Å². The third kappa shape index (κ3) is 3.82. The molecule has 0 saturated carbocycles. The van der Waals surface area contributed by atoms with Gasteiger partial charge in [-0.3, -0.25) is 4.98 Å². The number of imidazole rings is 1. The Labute approximate surface area is 178 Å². The quantitative estimate of drug-likeness (QED) is 0.507. The van der Waals surface area contributed by atoms with E-state index in [-0.39, 0.29) is 12.1 Å². The van der Waals surface area contributed by atoms with E-state index in [0.717, 1.165) is 29.0 Å². The number of aromatic nitrogens is 3. The molecular formula is C22H20F2N4O2S. The molecule has 9 heteroatoms. The number of nitrogens with two attached hydrogens (primary N) is 1. The molecule has 0 aliphatic carbocycles. The lowest BCUT2D eigenvalue weighted by Gasteiger charge is -2.15. The number of rotatable bonds is 5. The van der Waals surface area contributed by atoms with Gasteiger partial charge in [0.15, 0.2) is 0 Å². The van der Waals surface area contributed by atoms with Gasteiger partial charge in [-0.25, -0.2) is 27.3 Å². The van der Waals surface area contributed by atoms with Gasteiger partial charge in [0.2, 0.25) is 10.0 Å². The fraction of sp³-hybridized carbons (Fsp3) is 0.182. The number of aryl methyl sites for hydroxylation is 2. The summed E-state index contributed by atoms with van der Waals surface area (Å²) >= 11 is 0. The second-order valence-corrected chi connectivity index (χ2v) is 8.75. The Morgan fingerprint density at radius 3 is 2.32 bits per heavy atom. The molecule has 0 radical (unpaired) electrons. The van der Waals surface area contributed by atoms with Crippen LogP contribution in [0.4, 0.5) is 8.78 Å². The van der Waals surface area contributed by atoms with E-state index in [1.165, 1.54) is 0 Å². The number of primary sulfonamides is 1. The summed E-state index contributed by atoms with van der Waals surface area (Å²) in [7, 11) is -4.23. The van der Waals surface area contributed by atoms with E-state index in [4.69, 9.17) is 5.14 Å². The molecule has 2 heterocycles. The highest BCUT2D eigenvalue weighted by Crippen LogP contribution is 2.33. The van der Waals surface area contributed by atoms with Gasteiger partial charge in [-0.1, -0.05) is 37.3 Å². The summed E-state index contributed by atoms with van der Waals surface area (Å²) in [5, 5.41) is 5.01. The van der Waals surface area contributed by atoms with Crippen molar-refractivity contribution in [1.82, 2.24) is 14.5 Å². The van der Waals surface area contributed by atoms with Crippen LogP contribution in [0, 0.1) is 18.6 Å². The molecule has 160 valence electrons. The molecule has 0 unspecified atom stereocenters. The first-order valence-electron chi connectivity index (χ1n) is 9.61. The van der Waals surface area contributed by atoms with E-state index in [1.54, 1.807) is 17.7 Å². The van der Waals surface area contributed by atoms with Crippen LogP contribution in [0.3, 0.4) is 0 Å². The Morgan fingerprint density at radius 1 is 1.10 bits per heavy atom. The number of benzene rings is 2. The van der Waals surface area contributed by atoms with Crippen LogP contribution >= 0.6 is 0 Å². The second-order valence-electron chi connectivity index (χ2n) is 7.19. The maximum atomic E-state index is 14.7. The molecule has 0 fully saturated rings. The highest BCUT2D eigenvalue weighted by atomic mass is 32.2. The van der Waals surface area contributed by atoms with E-state index < -0.39 is 26.6 Å². The summed E-state index contributed by atoms with van der Waals surface area (Å²) in [4.78, 5) is 8.45. The predicted molar refractivity (Wildman–Crippen MR) is 114 cm³/mol. The first-order chi connectivity index (χ1) is 14.7. The van der Waals surface area contributed by atoms with Gasteiger partial charge in [-0.2, -0.15) is 0 Å². The molecule has 0 aliphatic rings. The molecule has 2 aromatic heterocycles. The summed E-state index contributed by atoms with van der Waals surface area (Å²) in [5.74, 6) is -1.43. The minimum absolute atomic E-state index is 0.169. The molecule has 0 saturated heterocycles. The van der Waals surface area contributed by atoms with E-state index in [2.05, 4.69) is 9.97 Å². The Morgan fingerprint density at radius 2 is 1.74 bits per heavy atom. The van der Waals surface area contributed by atoms with Crippen LogP contribution in [0.1, 0.15) is 24.0 Å². The molecule has 2 aromatic carbocycles. The Balaban J connectivity index is 1.95. The van der Waals surface area contributed by atoms with Gasteiger partial charge in [0, 0.05) is 11.1 Å². The van der Waals surface area contributed by atoms with Crippen LogP contribution in [0.25, 0.3) is 22.2 Å². The SMILES string of the molecule is CCc1ncc2nc(C)n(Cc3c(F)cc(S(N)(=O)=O)cc3F)c2c1-c1ccccc1. The third-order valence-electron chi connectivity index (χ3n) is 5.21. The summed E-state index contributed by atoms with van der Waals surface area (Å²) in [6, 6.07) is 11.1. The van der Waals surface area contributed by atoms with Crippen molar-refractivity contribution in [3.05, 3.63) is 77.4 Å². The molecular weight excluding hydrogens is 422 g/mol. The molecule has 0 atom stereocenters. The van der Waals surface area contributed by atoms with Crippen molar-refractivity contribution in [2.24, 2.45) is 5.14 Å². The Bertz CT molecular complexity index is 1380. The lowest BCUT2D eigenvalue weighted by molar-refractivity contribution is 0.535. The number of hydrogen-bond acceptors (Lipinski definition) is 4. The number of nitrogens with zero attached hydrogens (tertiary/aromatic N) is 3. The topological polar surface area (TPSA) is 90.9 Å². The third-order valence-corrected chi connectivity index (χ3v) is 6.10. The molecule has 0 amide bonds. The molecule has 6 nitrogen and oxygen atoms in total. The van der Waals surface area contributed by atoms with E-state index in [9.17, 15) is 17.2 Å². The summed E-state index contributed by atoms with van der Waals surface area (Å²) < 4.78 is 54.2. The lowest BCUT2D eigenvalue weighted by Crippen LogP contribution is -2.15. The molecule has 4 rings (SSSR count). The smallest absolute Gasteiger partial charge is 0.238 e. The minimum Gasteiger partial charge on any atom is -0.323 e. The number of sulfonamides is 1. The van der Waals surface area contributed by atoms with Crippen LogP contribution in [-0.4, -0.2) is 23.0 Å². The van der Waals surface area contributed by atoms with Crippen molar-refractivity contribution in [1.29, 1.82) is 0 Å². The summed E-state index contributed by atoms with van der Waals surface area (Å²) in [6.45, 7) is 3.56. The van der Waals surface area contributed by atoms with Crippen molar-refractivity contribution < 1.29 is 17.2 Å². The van der Waals surface area contributed by atoms with Crippen molar-refractivity contribution in [2.45, 2.75) is 31.7 Å². The first-order valence-corrected chi connectivity index (χ1v) is 11.2. The molecule has 0 spiro atoms. The normalized spacial score (nSPS) is 11.9. The van der Waals surface area contributed by atoms with Crippen LogP contribution in [-0.2, 0) is 23.0 Å². The van der Waals surface area contributed by atoms with Crippen molar-refractivity contribution in [3.63, 3.8) is 0 Å². The monoisotopic (exact) mass is 442 g/mol. The van der Waals surface area contributed by atoms with Crippen LogP contribution in [0.2, 0.25) is 0 Å². The molecule has 2 N–H and O–H groups in total. The van der Waals surface area contributed by atoms with Gasteiger partial charge in [-0.05, 0) is 31.0 Å². The lowest BCUT2D eigenvalue weighted by atomic mass is 10.0. The van der Waals surface area contributed by atoms with Crippen LogP contribution < -0.4 is 5.14 Å². The average Bonchev–Trinajstić information content (AvgIpc) is 3.04. The standard InChI is InChI=1S/C22H20F2N4O2S/c1-3-19-21(14-7-5-4-6-8-14)22-20(11-26-19)27-13(2)28(22)12-16-17(23)9-15(10-18(16)24)31(25,29)30/h4-11H,3,12H2,1-2H3,(H2,25,29,30). The first kappa shape index (κ1) is 21.1. The van der Waals surface area contributed by atoms with Gasteiger partial charge in [0.1, 0.15) is 23.0 Å². The molecule has 31 heavy (non-hydrogen) atoms. The Hall–Kier alpha value is -3.17. The zero-order valence-electron chi connectivity index (χ0n) is 16.9. The maximum Gasteiger partial charge on any atom is 0.238 e. The zero-order chi connectivity index (χ0) is 22.3. The van der Waals surface area contributed by atoms with E-state index in [1.807, 2.05) is 37.3 Å². The minimum atomic E-state index is -4.23. The van der Waals surface area contributed by atoms with E-state index >= 15 is 0 Å². The fourth-order valence-electron chi connectivity index (χ4n) is 3.70. The van der Waals surface area contributed by atoms with Crippen LogP contribution in [0.5, 0.6) is 0 Å².